The van der Waals surface area contributed by atoms with E-state index in [0.29, 0.717) is 11.7 Å². The number of nitrogens with zero attached hydrogens (tertiary/aromatic N) is 2. The van der Waals surface area contributed by atoms with E-state index < -0.39 is 0 Å². The van der Waals surface area contributed by atoms with E-state index in [0.717, 1.165) is 31.6 Å². The van der Waals surface area contributed by atoms with E-state index in [9.17, 15) is 4.79 Å². The summed E-state index contributed by atoms with van der Waals surface area (Å²) in [6, 6.07) is 8.06. The Morgan fingerprint density at radius 1 is 1.39 bits per heavy atom. The number of aryl methyl sites for hydroxylation is 1. The number of likely N-dealkylation sites (N-methyl/N-ethyl adjacent to an activating group) is 1. The minimum absolute atomic E-state index is 0.182. The summed E-state index contributed by atoms with van der Waals surface area (Å²) >= 11 is 1.57. The molecule has 1 aromatic heterocycles. The van der Waals surface area contributed by atoms with Crippen molar-refractivity contribution in [1.82, 2.24) is 15.2 Å². The minimum atomic E-state index is -0.182. The van der Waals surface area contributed by atoms with Crippen LogP contribution in [-0.2, 0) is 19.4 Å². The van der Waals surface area contributed by atoms with Gasteiger partial charge in [0.2, 0.25) is 0 Å². The highest BCUT2D eigenvalue weighted by atomic mass is 32.1. The number of thiazole rings is 1. The fourth-order valence-electron chi connectivity index (χ4n) is 2.72. The second-order valence-electron chi connectivity index (χ2n) is 5.93. The Balaban J connectivity index is 1.49. The number of amides is 2. The van der Waals surface area contributed by atoms with Crippen LogP contribution >= 0.6 is 11.3 Å². The average molecular weight is 330 g/mol. The van der Waals surface area contributed by atoms with Crippen molar-refractivity contribution in [3.05, 3.63) is 46.0 Å². The molecule has 0 radical (unpaired) electrons. The predicted molar refractivity (Wildman–Crippen MR) is 94.1 cm³/mol. The molecule has 0 fully saturated rings. The summed E-state index contributed by atoms with van der Waals surface area (Å²) in [4.78, 5) is 20.1. The number of urea groups is 1. The van der Waals surface area contributed by atoms with E-state index in [-0.39, 0.29) is 6.03 Å². The number of rotatable bonds is 4. The van der Waals surface area contributed by atoms with Gasteiger partial charge in [-0.1, -0.05) is 24.3 Å². The summed E-state index contributed by atoms with van der Waals surface area (Å²) in [5.41, 5.74) is 3.65. The third-order valence-electron chi connectivity index (χ3n) is 4.08. The molecular weight excluding hydrogens is 308 g/mol. The SMILES string of the molecule is Cc1ccccc1CCNC(=O)Nc1nc2c(s1)CN(C)CC2. The van der Waals surface area contributed by atoms with Crippen LogP contribution in [0.1, 0.15) is 21.7 Å². The van der Waals surface area contributed by atoms with Gasteiger partial charge in [-0.3, -0.25) is 5.32 Å². The Labute approximate surface area is 140 Å². The molecule has 0 bridgehead atoms. The molecule has 2 amide bonds. The molecule has 23 heavy (non-hydrogen) atoms. The van der Waals surface area contributed by atoms with Crippen molar-refractivity contribution in [3.8, 4) is 0 Å². The number of hydrogen-bond donors (Lipinski definition) is 2. The number of fused-ring (bicyclic) bond motifs is 1. The van der Waals surface area contributed by atoms with Gasteiger partial charge in [0.15, 0.2) is 5.13 Å². The first-order valence-corrected chi connectivity index (χ1v) is 8.70. The number of carbonyl (C=O) groups excluding carboxylic acids is 1. The molecule has 0 atom stereocenters. The van der Waals surface area contributed by atoms with Crippen LogP contribution in [0, 0.1) is 6.92 Å². The van der Waals surface area contributed by atoms with Gasteiger partial charge in [-0.15, -0.1) is 11.3 Å². The van der Waals surface area contributed by atoms with Gasteiger partial charge in [0, 0.05) is 30.9 Å². The molecule has 1 aliphatic heterocycles. The number of carbonyl (C=O) groups is 1. The quantitative estimate of drug-likeness (QED) is 0.906. The monoisotopic (exact) mass is 330 g/mol. The first-order chi connectivity index (χ1) is 11.1. The fourth-order valence-corrected chi connectivity index (χ4v) is 3.80. The lowest BCUT2D eigenvalue weighted by atomic mass is 10.1. The molecule has 0 unspecified atom stereocenters. The summed E-state index contributed by atoms with van der Waals surface area (Å²) in [7, 11) is 2.11. The molecule has 0 saturated carbocycles. The van der Waals surface area contributed by atoms with Crippen LogP contribution in [0.15, 0.2) is 24.3 Å². The van der Waals surface area contributed by atoms with Crippen molar-refractivity contribution in [2.45, 2.75) is 26.3 Å². The Morgan fingerprint density at radius 2 is 2.22 bits per heavy atom. The van der Waals surface area contributed by atoms with E-state index in [1.54, 1.807) is 11.3 Å². The van der Waals surface area contributed by atoms with Gasteiger partial charge in [0.1, 0.15) is 0 Å². The van der Waals surface area contributed by atoms with Gasteiger partial charge < -0.3 is 10.2 Å². The number of nitrogens with one attached hydrogen (secondary N) is 2. The Hall–Kier alpha value is -1.92. The van der Waals surface area contributed by atoms with Crippen LogP contribution < -0.4 is 10.6 Å². The zero-order valence-electron chi connectivity index (χ0n) is 13.6. The van der Waals surface area contributed by atoms with Gasteiger partial charge >= 0.3 is 6.03 Å². The van der Waals surface area contributed by atoms with Crippen LogP contribution in [-0.4, -0.2) is 36.1 Å². The summed E-state index contributed by atoms with van der Waals surface area (Å²) in [5, 5.41) is 6.45. The average Bonchev–Trinajstić information content (AvgIpc) is 2.90. The topological polar surface area (TPSA) is 57.3 Å². The summed E-state index contributed by atoms with van der Waals surface area (Å²) in [6.07, 6.45) is 1.79. The maximum atomic E-state index is 12.0. The van der Waals surface area contributed by atoms with Crippen molar-refractivity contribution in [2.24, 2.45) is 0 Å². The number of benzene rings is 1. The van der Waals surface area contributed by atoms with E-state index >= 15 is 0 Å². The molecule has 3 rings (SSSR count). The second kappa shape index (κ2) is 7.10. The van der Waals surface area contributed by atoms with Crippen molar-refractivity contribution in [3.63, 3.8) is 0 Å². The van der Waals surface area contributed by atoms with Crippen molar-refractivity contribution < 1.29 is 4.79 Å². The van der Waals surface area contributed by atoms with Crippen LogP contribution in [0.2, 0.25) is 0 Å². The zero-order chi connectivity index (χ0) is 16.2. The predicted octanol–water partition coefficient (Wildman–Crippen LogP) is 2.80. The Morgan fingerprint density at radius 3 is 3.04 bits per heavy atom. The van der Waals surface area contributed by atoms with Crippen LogP contribution in [0.4, 0.5) is 9.93 Å². The van der Waals surface area contributed by atoms with Crippen molar-refractivity contribution >= 4 is 22.5 Å². The highest BCUT2D eigenvalue weighted by Gasteiger charge is 2.18. The first kappa shape index (κ1) is 16.0. The largest absolute Gasteiger partial charge is 0.337 e. The van der Waals surface area contributed by atoms with Gasteiger partial charge in [0.25, 0.3) is 0 Å². The number of anilines is 1. The third kappa shape index (κ3) is 4.09. The second-order valence-corrected chi connectivity index (χ2v) is 7.02. The molecule has 0 spiro atoms. The maximum Gasteiger partial charge on any atom is 0.321 e. The standard InChI is InChI=1S/C17H22N4OS/c1-12-5-3-4-6-13(12)7-9-18-16(22)20-17-19-14-8-10-21(2)11-15(14)23-17/h3-6H,7-11H2,1-2H3,(H2,18,19,20,22). The lowest BCUT2D eigenvalue weighted by molar-refractivity contribution is 0.252. The van der Waals surface area contributed by atoms with Crippen LogP contribution in [0.3, 0.4) is 0 Å². The highest BCUT2D eigenvalue weighted by Crippen LogP contribution is 2.27. The summed E-state index contributed by atoms with van der Waals surface area (Å²) in [6.45, 7) is 4.65. The molecule has 1 aromatic carbocycles. The van der Waals surface area contributed by atoms with Crippen molar-refractivity contribution in [1.29, 1.82) is 0 Å². The molecule has 5 nitrogen and oxygen atoms in total. The van der Waals surface area contributed by atoms with Crippen LogP contribution in [0.25, 0.3) is 0 Å². The lowest BCUT2D eigenvalue weighted by Crippen LogP contribution is -2.30. The number of hydrogen-bond acceptors (Lipinski definition) is 4. The lowest BCUT2D eigenvalue weighted by Gasteiger charge is -2.20. The molecule has 2 N–H and O–H groups in total. The normalized spacial score (nSPS) is 14.3. The third-order valence-corrected chi connectivity index (χ3v) is 5.08. The van der Waals surface area contributed by atoms with E-state index in [4.69, 9.17) is 0 Å². The van der Waals surface area contributed by atoms with E-state index in [1.165, 1.54) is 16.0 Å². The number of aromatic nitrogens is 1. The molecular formula is C17H22N4OS. The Kier molecular flexibility index (Phi) is 4.93. The van der Waals surface area contributed by atoms with Crippen molar-refractivity contribution in [2.75, 3.05) is 25.5 Å². The fraction of sp³-hybridized carbons (Fsp3) is 0.412. The summed E-state index contributed by atoms with van der Waals surface area (Å²) in [5.74, 6) is 0. The van der Waals surface area contributed by atoms with E-state index in [2.05, 4.69) is 46.6 Å². The van der Waals surface area contributed by atoms with Gasteiger partial charge in [-0.25, -0.2) is 9.78 Å². The molecule has 0 aliphatic carbocycles. The zero-order valence-corrected chi connectivity index (χ0v) is 14.4. The Bertz CT molecular complexity index is 698. The molecule has 6 heteroatoms. The van der Waals surface area contributed by atoms with Gasteiger partial charge in [-0.05, 0) is 31.5 Å². The molecule has 1 aliphatic rings. The molecule has 2 aromatic rings. The molecule has 0 saturated heterocycles. The first-order valence-electron chi connectivity index (χ1n) is 7.88. The molecule has 122 valence electrons. The molecule has 2 heterocycles. The van der Waals surface area contributed by atoms with Crippen LogP contribution in [0.5, 0.6) is 0 Å². The van der Waals surface area contributed by atoms with Gasteiger partial charge in [0.05, 0.1) is 5.69 Å². The summed E-state index contributed by atoms with van der Waals surface area (Å²) < 4.78 is 0. The minimum Gasteiger partial charge on any atom is -0.337 e. The highest BCUT2D eigenvalue weighted by molar-refractivity contribution is 7.15. The van der Waals surface area contributed by atoms with Gasteiger partial charge in [-0.2, -0.15) is 0 Å². The van der Waals surface area contributed by atoms with E-state index in [1.807, 2.05) is 12.1 Å². The maximum absolute atomic E-state index is 12.0. The smallest absolute Gasteiger partial charge is 0.321 e.